The molecule has 0 aliphatic heterocycles. The van der Waals surface area contributed by atoms with Crippen LogP contribution in [0.3, 0.4) is 0 Å². The highest BCUT2D eigenvalue weighted by molar-refractivity contribution is 5.96. The zero-order chi connectivity index (χ0) is 15.3. The fraction of sp³-hybridized carbons (Fsp3) is 0.786. The molecule has 1 unspecified atom stereocenters. The zero-order valence-electron chi connectivity index (χ0n) is 12.4. The van der Waals surface area contributed by atoms with E-state index in [1.165, 1.54) is 26.7 Å². The van der Waals surface area contributed by atoms with Crippen LogP contribution in [0.15, 0.2) is 0 Å². The Hall–Kier alpha value is -1.59. The highest BCUT2D eigenvalue weighted by atomic mass is 16.4. The van der Waals surface area contributed by atoms with E-state index < -0.39 is 23.3 Å². The van der Waals surface area contributed by atoms with Gasteiger partial charge in [-0.25, -0.2) is 4.79 Å². The first-order chi connectivity index (χ1) is 9.24. The molecule has 6 heteroatoms. The molecule has 114 valence electrons. The number of carboxylic acids is 1. The Morgan fingerprint density at radius 1 is 1.30 bits per heavy atom. The number of urea groups is 1. The van der Waals surface area contributed by atoms with Crippen molar-refractivity contribution >= 4 is 17.9 Å². The van der Waals surface area contributed by atoms with E-state index in [0.29, 0.717) is 5.92 Å². The maximum absolute atomic E-state index is 11.7. The van der Waals surface area contributed by atoms with Gasteiger partial charge in [0.1, 0.15) is 0 Å². The molecular weight excluding hydrogens is 260 g/mol. The summed E-state index contributed by atoms with van der Waals surface area (Å²) in [5, 5.41) is 13.9. The molecule has 1 rings (SSSR count). The van der Waals surface area contributed by atoms with Crippen LogP contribution >= 0.6 is 0 Å². The van der Waals surface area contributed by atoms with Crippen molar-refractivity contribution in [2.24, 2.45) is 11.3 Å². The number of carbonyl (C=O) groups excluding carboxylic acids is 2. The Labute approximate surface area is 119 Å². The molecule has 1 atom stereocenters. The summed E-state index contributed by atoms with van der Waals surface area (Å²) in [6.45, 7) is 4.90. The van der Waals surface area contributed by atoms with Gasteiger partial charge in [-0.2, -0.15) is 0 Å². The molecule has 1 fully saturated rings. The summed E-state index contributed by atoms with van der Waals surface area (Å²) in [5.41, 5.74) is -1.18. The standard InChI is InChI=1S/C14H24N2O4/c1-4-10(7-9-5-6-9)15-13(20)16-11(17)8-14(2,3)12(18)19/h9-10H,4-8H2,1-3H3,(H,18,19)(H2,15,16,17,20). The van der Waals surface area contributed by atoms with E-state index >= 15 is 0 Å². The molecule has 1 saturated carbocycles. The molecule has 3 N–H and O–H groups in total. The van der Waals surface area contributed by atoms with Crippen LogP contribution in [0.2, 0.25) is 0 Å². The number of aliphatic carboxylic acids is 1. The highest BCUT2D eigenvalue weighted by Crippen LogP contribution is 2.33. The first kappa shape index (κ1) is 16.5. The smallest absolute Gasteiger partial charge is 0.321 e. The van der Waals surface area contributed by atoms with E-state index in [1.807, 2.05) is 6.92 Å². The van der Waals surface area contributed by atoms with Crippen LogP contribution in [0.1, 0.15) is 52.9 Å². The lowest BCUT2D eigenvalue weighted by Crippen LogP contribution is -2.46. The van der Waals surface area contributed by atoms with Gasteiger partial charge in [0.15, 0.2) is 0 Å². The maximum atomic E-state index is 11.7. The number of carbonyl (C=O) groups is 3. The van der Waals surface area contributed by atoms with Crippen molar-refractivity contribution in [1.82, 2.24) is 10.6 Å². The van der Waals surface area contributed by atoms with Crippen molar-refractivity contribution in [2.75, 3.05) is 0 Å². The zero-order valence-corrected chi connectivity index (χ0v) is 12.4. The Kier molecular flexibility index (Phi) is 5.53. The lowest BCUT2D eigenvalue weighted by atomic mass is 9.89. The van der Waals surface area contributed by atoms with Crippen LogP contribution in [0.5, 0.6) is 0 Å². The Morgan fingerprint density at radius 2 is 1.90 bits per heavy atom. The number of rotatable bonds is 7. The minimum Gasteiger partial charge on any atom is -0.481 e. The Morgan fingerprint density at radius 3 is 2.35 bits per heavy atom. The van der Waals surface area contributed by atoms with Crippen molar-refractivity contribution in [3.63, 3.8) is 0 Å². The van der Waals surface area contributed by atoms with E-state index in [0.717, 1.165) is 12.8 Å². The van der Waals surface area contributed by atoms with E-state index in [9.17, 15) is 14.4 Å². The Balaban J connectivity index is 2.36. The SMILES string of the molecule is CCC(CC1CC1)NC(=O)NC(=O)CC(C)(C)C(=O)O. The molecule has 0 aromatic rings. The molecule has 6 nitrogen and oxygen atoms in total. The normalized spacial score (nSPS) is 16.4. The average molecular weight is 284 g/mol. The fourth-order valence-corrected chi connectivity index (χ4v) is 1.95. The van der Waals surface area contributed by atoms with Gasteiger partial charge >= 0.3 is 12.0 Å². The molecular formula is C14H24N2O4. The van der Waals surface area contributed by atoms with Gasteiger partial charge < -0.3 is 10.4 Å². The van der Waals surface area contributed by atoms with Gasteiger partial charge in [-0.1, -0.05) is 19.8 Å². The molecule has 0 bridgehead atoms. The summed E-state index contributed by atoms with van der Waals surface area (Å²) >= 11 is 0. The minimum atomic E-state index is -1.18. The van der Waals surface area contributed by atoms with Crippen LogP contribution in [-0.2, 0) is 9.59 Å². The second-order valence-corrected chi connectivity index (χ2v) is 6.17. The quantitative estimate of drug-likeness (QED) is 0.665. The van der Waals surface area contributed by atoms with Gasteiger partial charge in [-0.3, -0.25) is 14.9 Å². The number of imide groups is 1. The van der Waals surface area contributed by atoms with Crippen molar-refractivity contribution in [3.05, 3.63) is 0 Å². The predicted molar refractivity (Wildman–Crippen MR) is 74.1 cm³/mol. The summed E-state index contributed by atoms with van der Waals surface area (Å²) in [5.74, 6) is -0.939. The summed E-state index contributed by atoms with van der Waals surface area (Å²) in [6, 6.07) is -0.466. The molecule has 3 amide bonds. The van der Waals surface area contributed by atoms with Gasteiger partial charge in [0.2, 0.25) is 5.91 Å². The number of hydrogen-bond acceptors (Lipinski definition) is 3. The minimum absolute atomic E-state index is 0.0720. The van der Waals surface area contributed by atoms with Crippen LogP contribution in [0.25, 0.3) is 0 Å². The van der Waals surface area contributed by atoms with E-state index in [1.54, 1.807) is 0 Å². The van der Waals surface area contributed by atoms with Gasteiger partial charge in [-0.15, -0.1) is 0 Å². The number of carboxylic acid groups (broad SMARTS) is 1. The molecule has 20 heavy (non-hydrogen) atoms. The van der Waals surface area contributed by atoms with E-state index in [4.69, 9.17) is 5.11 Å². The lowest BCUT2D eigenvalue weighted by molar-refractivity contribution is -0.149. The third kappa shape index (κ3) is 5.59. The lowest BCUT2D eigenvalue weighted by Gasteiger charge is -2.19. The number of nitrogens with one attached hydrogen (secondary N) is 2. The summed E-state index contributed by atoms with van der Waals surface area (Å²) in [4.78, 5) is 34.2. The van der Waals surface area contributed by atoms with Gasteiger partial charge in [0.25, 0.3) is 0 Å². The third-order valence-electron chi connectivity index (χ3n) is 3.58. The maximum Gasteiger partial charge on any atom is 0.321 e. The van der Waals surface area contributed by atoms with Crippen molar-refractivity contribution < 1.29 is 19.5 Å². The summed E-state index contributed by atoms with van der Waals surface area (Å²) < 4.78 is 0. The van der Waals surface area contributed by atoms with E-state index in [-0.39, 0.29) is 12.5 Å². The molecule has 0 aromatic heterocycles. The first-order valence-electron chi connectivity index (χ1n) is 7.08. The predicted octanol–water partition coefficient (Wildman–Crippen LogP) is 1.89. The van der Waals surface area contributed by atoms with Gasteiger partial charge in [-0.05, 0) is 32.6 Å². The van der Waals surface area contributed by atoms with Gasteiger partial charge in [0, 0.05) is 12.5 Å². The summed E-state index contributed by atoms with van der Waals surface area (Å²) in [6.07, 6.45) is 3.96. The topological polar surface area (TPSA) is 95.5 Å². The largest absolute Gasteiger partial charge is 0.481 e. The number of hydrogen-bond donors (Lipinski definition) is 3. The molecule has 1 aliphatic rings. The average Bonchev–Trinajstić information content (AvgIpc) is 3.10. The van der Waals surface area contributed by atoms with Crippen LogP contribution in [-0.4, -0.2) is 29.1 Å². The molecule has 1 aliphatic carbocycles. The number of amides is 3. The van der Waals surface area contributed by atoms with Crippen LogP contribution < -0.4 is 10.6 Å². The molecule has 0 radical (unpaired) electrons. The first-order valence-corrected chi connectivity index (χ1v) is 7.08. The molecule has 0 spiro atoms. The molecule has 0 heterocycles. The summed E-state index contributed by atoms with van der Waals surface area (Å²) in [7, 11) is 0. The fourth-order valence-electron chi connectivity index (χ4n) is 1.95. The van der Waals surface area contributed by atoms with Crippen LogP contribution in [0, 0.1) is 11.3 Å². The molecule has 0 saturated heterocycles. The van der Waals surface area contributed by atoms with Gasteiger partial charge in [0.05, 0.1) is 5.41 Å². The Bertz CT molecular complexity index is 389. The van der Waals surface area contributed by atoms with E-state index in [2.05, 4.69) is 10.6 Å². The monoisotopic (exact) mass is 284 g/mol. The van der Waals surface area contributed by atoms with Crippen molar-refractivity contribution in [3.8, 4) is 0 Å². The second kappa shape index (κ2) is 6.72. The highest BCUT2D eigenvalue weighted by Gasteiger charge is 2.31. The van der Waals surface area contributed by atoms with Crippen molar-refractivity contribution in [1.29, 1.82) is 0 Å². The van der Waals surface area contributed by atoms with Crippen LogP contribution in [0.4, 0.5) is 4.79 Å². The van der Waals surface area contributed by atoms with Crippen molar-refractivity contribution in [2.45, 2.75) is 58.9 Å². The third-order valence-corrected chi connectivity index (χ3v) is 3.58. The molecule has 0 aromatic carbocycles. The second-order valence-electron chi connectivity index (χ2n) is 6.17.